The molecule has 184 valence electrons. The van der Waals surface area contributed by atoms with Crippen molar-refractivity contribution in [1.29, 1.82) is 0 Å². The Morgan fingerprint density at radius 3 is 2.23 bits per heavy atom. The van der Waals surface area contributed by atoms with Crippen molar-refractivity contribution in [1.82, 2.24) is 10.2 Å². The molecule has 3 aromatic rings. The van der Waals surface area contributed by atoms with Crippen molar-refractivity contribution in [3.8, 4) is 5.75 Å². The van der Waals surface area contributed by atoms with E-state index in [0.29, 0.717) is 17.2 Å². The molecule has 0 spiro atoms. The molecule has 35 heavy (non-hydrogen) atoms. The van der Waals surface area contributed by atoms with Gasteiger partial charge in [0, 0.05) is 28.0 Å². The fraction of sp³-hybridized carbons (Fsp3) is 0.286. The molecule has 0 aliphatic carbocycles. The Hall–Kier alpha value is -2.83. The molecular formula is C28H30BrClN2O3. The number of hydrogen-bond donors (Lipinski definition) is 1. The number of benzene rings is 3. The van der Waals surface area contributed by atoms with Crippen molar-refractivity contribution in [2.45, 2.75) is 45.3 Å². The Morgan fingerprint density at radius 1 is 0.971 bits per heavy atom. The zero-order valence-corrected chi connectivity index (χ0v) is 22.5. The summed E-state index contributed by atoms with van der Waals surface area (Å²) in [4.78, 5) is 28.6. The first-order valence-corrected chi connectivity index (χ1v) is 12.6. The number of hydrogen-bond acceptors (Lipinski definition) is 3. The highest BCUT2D eigenvalue weighted by Gasteiger charge is 2.32. The molecule has 0 aliphatic rings. The van der Waals surface area contributed by atoms with Gasteiger partial charge in [-0.3, -0.25) is 9.59 Å². The van der Waals surface area contributed by atoms with Gasteiger partial charge in [-0.25, -0.2) is 0 Å². The van der Waals surface area contributed by atoms with Gasteiger partial charge in [-0.05, 0) is 62.2 Å². The van der Waals surface area contributed by atoms with Gasteiger partial charge in [0.15, 0.2) is 6.61 Å². The van der Waals surface area contributed by atoms with E-state index in [0.717, 1.165) is 15.6 Å². The highest BCUT2D eigenvalue weighted by Crippen LogP contribution is 2.22. The number of carbonyl (C=O) groups is 2. The number of nitrogens with one attached hydrogen (secondary N) is 1. The Kier molecular flexibility index (Phi) is 9.35. The van der Waals surface area contributed by atoms with Crippen LogP contribution in [0.5, 0.6) is 5.75 Å². The molecule has 0 aliphatic heterocycles. The Morgan fingerprint density at radius 2 is 1.60 bits per heavy atom. The number of amides is 2. The summed E-state index contributed by atoms with van der Waals surface area (Å²) < 4.78 is 6.69. The predicted molar refractivity (Wildman–Crippen MR) is 143 cm³/mol. The summed E-state index contributed by atoms with van der Waals surface area (Å²) in [5.41, 5.74) is 1.25. The summed E-state index contributed by atoms with van der Waals surface area (Å²) >= 11 is 9.83. The van der Waals surface area contributed by atoms with Crippen molar-refractivity contribution in [2.24, 2.45) is 0 Å². The van der Waals surface area contributed by atoms with Crippen LogP contribution in [-0.2, 0) is 22.6 Å². The van der Waals surface area contributed by atoms with Gasteiger partial charge >= 0.3 is 0 Å². The van der Waals surface area contributed by atoms with Crippen LogP contribution in [0.15, 0.2) is 83.3 Å². The van der Waals surface area contributed by atoms with Crippen LogP contribution in [0.2, 0.25) is 5.02 Å². The van der Waals surface area contributed by atoms with E-state index < -0.39 is 11.6 Å². The van der Waals surface area contributed by atoms with Gasteiger partial charge in [0.05, 0.1) is 0 Å². The van der Waals surface area contributed by atoms with Crippen LogP contribution >= 0.6 is 27.5 Å². The van der Waals surface area contributed by atoms with E-state index in [-0.39, 0.29) is 25.0 Å². The predicted octanol–water partition coefficient (Wildman–Crippen LogP) is 6.04. The summed E-state index contributed by atoms with van der Waals surface area (Å²) in [5, 5.41) is 3.58. The van der Waals surface area contributed by atoms with E-state index in [1.165, 1.54) is 0 Å². The van der Waals surface area contributed by atoms with Crippen LogP contribution in [0.4, 0.5) is 0 Å². The average molecular weight is 558 g/mol. The maximum Gasteiger partial charge on any atom is 0.261 e. The second kappa shape index (κ2) is 12.2. The highest BCUT2D eigenvalue weighted by molar-refractivity contribution is 9.10. The molecule has 0 radical (unpaired) electrons. The monoisotopic (exact) mass is 556 g/mol. The quantitative estimate of drug-likeness (QED) is 0.349. The lowest BCUT2D eigenvalue weighted by atomic mass is 10.0. The topological polar surface area (TPSA) is 58.6 Å². The average Bonchev–Trinajstić information content (AvgIpc) is 2.81. The number of ether oxygens (including phenoxy) is 1. The minimum Gasteiger partial charge on any atom is -0.484 e. The van der Waals surface area contributed by atoms with Crippen LogP contribution in [0, 0.1) is 0 Å². The summed E-state index contributed by atoms with van der Waals surface area (Å²) in [6.45, 7) is 5.72. The van der Waals surface area contributed by atoms with Gasteiger partial charge in [0.2, 0.25) is 5.91 Å². The molecule has 7 heteroatoms. The van der Waals surface area contributed by atoms with Crippen LogP contribution in [-0.4, -0.2) is 34.9 Å². The first-order valence-electron chi connectivity index (χ1n) is 11.4. The molecule has 0 saturated carbocycles. The zero-order valence-electron chi connectivity index (χ0n) is 20.1. The van der Waals surface area contributed by atoms with Gasteiger partial charge in [0.25, 0.3) is 5.91 Å². The van der Waals surface area contributed by atoms with Crippen molar-refractivity contribution >= 4 is 39.3 Å². The van der Waals surface area contributed by atoms with Crippen LogP contribution < -0.4 is 10.1 Å². The van der Waals surface area contributed by atoms with Crippen LogP contribution in [0.3, 0.4) is 0 Å². The molecule has 0 aromatic heterocycles. The second-order valence-electron chi connectivity index (χ2n) is 9.30. The van der Waals surface area contributed by atoms with Crippen LogP contribution in [0.1, 0.15) is 31.9 Å². The second-order valence-corrected chi connectivity index (χ2v) is 10.6. The third-order valence-corrected chi connectivity index (χ3v) is 6.14. The standard InChI is InChI=1S/C28H30BrClN2O3/c1-28(2,3)31-27(34)25(17-20-9-5-4-6-10-20)32(18-21-11-7-8-12-24(21)30)26(33)19-35-23-15-13-22(29)14-16-23/h4-16,25H,17-19H2,1-3H3,(H,31,34)/t25-/m1/s1. The minimum atomic E-state index is -0.756. The molecule has 0 saturated heterocycles. The summed E-state index contributed by atoms with van der Waals surface area (Å²) in [6.07, 6.45) is 0.358. The van der Waals surface area contributed by atoms with Gasteiger partial charge in [-0.1, -0.05) is 76.1 Å². The molecular weight excluding hydrogens is 528 g/mol. The van der Waals surface area contributed by atoms with E-state index in [4.69, 9.17) is 16.3 Å². The number of rotatable bonds is 9. The number of halogens is 2. The van der Waals surface area contributed by atoms with Crippen molar-refractivity contribution in [2.75, 3.05) is 6.61 Å². The van der Waals surface area contributed by atoms with Crippen molar-refractivity contribution in [3.05, 3.63) is 99.5 Å². The van der Waals surface area contributed by atoms with Gasteiger partial charge in [-0.2, -0.15) is 0 Å². The first kappa shape index (κ1) is 26.8. The normalized spacial score (nSPS) is 12.0. The summed E-state index contributed by atoms with van der Waals surface area (Å²) in [6, 6.07) is 23.5. The smallest absolute Gasteiger partial charge is 0.261 e. The molecule has 0 unspecified atom stereocenters. The fourth-order valence-electron chi connectivity index (χ4n) is 3.58. The van der Waals surface area contributed by atoms with E-state index in [2.05, 4.69) is 21.2 Å². The fourth-order valence-corrected chi connectivity index (χ4v) is 4.04. The van der Waals surface area contributed by atoms with Gasteiger partial charge in [-0.15, -0.1) is 0 Å². The van der Waals surface area contributed by atoms with E-state index >= 15 is 0 Å². The van der Waals surface area contributed by atoms with E-state index in [1.807, 2.05) is 81.4 Å². The third kappa shape index (κ3) is 8.41. The molecule has 0 heterocycles. The summed E-state index contributed by atoms with van der Waals surface area (Å²) in [7, 11) is 0. The van der Waals surface area contributed by atoms with Crippen LogP contribution in [0.25, 0.3) is 0 Å². The molecule has 1 N–H and O–H groups in total. The van der Waals surface area contributed by atoms with Gasteiger partial charge in [0.1, 0.15) is 11.8 Å². The maximum atomic E-state index is 13.6. The Labute approximate surface area is 220 Å². The van der Waals surface area contributed by atoms with E-state index in [9.17, 15) is 9.59 Å². The maximum absolute atomic E-state index is 13.6. The first-order chi connectivity index (χ1) is 16.6. The SMILES string of the molecule is CC(C)(C)NC(=O)[C@@H](Cc1ccccc1)N(Cc1ccccc1Cl)C(=O)COc1ccc(Br)cc1. The molecule has 5 nitrogen and oxygen atoms in total. The lowest BCUT2D eigenvalue weighted by Gasteiger charge is -2.34. The number of nitrogens with zero attached hydrogens (tertiary/aromatic N) is 1. The summed E-state index contributed by atoms with van der Waals surface area (Å²) in [5.74, 6) is 0.0289. The highest BCUT2D eigenvalue weighted by atomic mass is 79.9. The van der Waals surface area contributed by atoms with E-state index in [1.54, 1.807) is 23.1 Å². The largest absolute Gasteiger partial charge is 0.484 e. The van der Waals surface area contributed by atoms with Crippen molar-refractivity contribution < 1.29 is 14.3 Å². The third-order valence-electron chi connectivity index (χ3n) is 5.24. The Bertz CT molecular complexity index is 1130. The Balaban J connectivity index is 1.93. The van der Waals surface area contributed by atoms with Gasteiger partial charge < -0.3 is 15.0 Å². The molecule has 3 rings (SSSR count). The van der Waals surface area contributed by atoms with Crippen molar-refractivity contribution in [3.63, 3.8) is 0 Å². The molecule has 1 atom stereocenters. The molecule has 0 bridgehead atoms. The minimum absolute atomic E-state index is 0.178. The molecule has 2 amide bonds. The lowest BCUT2D eigenvalue weighted by Crippen LogP contribution is -2.55. The lowest BCUT2D eigenvalue weighted by molar-refractivity contribution is -0.143. The molecule has 3 aromatic carbocycles. The zero-order chi connectivity index (χ0) is 25.4. The molecule has 0 fully saturated rings. The number of carbonyl (C=O) groups excluding carboxylic acids is 2.